The number of esters is 1. The maximum atomic E-state index is 12.4. The van der Waals surface area contributed by atoms with Crippen molar-refractivity contribution in [1.29, 1.82) is 0 Å². The molecule has 2 rings (SSSR count). The van der Waals surface area contributed by atoms with Gasteiger partial charge in [-0.3, -0.25) is 29.4 Å². The molecule has 0 aromatic carbocycles. The maximum absolute atomic E-state index is 12.4. The predicted octanol–water partition coefficient (Wildman–Crippen LogP) is -1.40. The van der Waals surface area contributed by atoms with Crippen LogP contribution in [0.5, 0.6) is 0 Å². The number of imide groups is 1. The highest BCUT2D eigenvalue weighted by atomic mass is 16.5. The summed E-state index contributed by atoms with van der Waals surface area (Å²) in [5, 5.41) is 3.05. The van der Waals surface area contributed by atoms with Gasteiger partial charge in [0.25, 0.3) is 0 Å². The second-order valence-electron chi connectivity index (χ2n) is 6.08. The number of methoxy groups -OCH3 is 1. The number of ether oxygens (including phenoxy) is 1. The Labute approximate surface area is 128 Å². The van der Waals surface area contributed by atoms with Crippen molar-refractivity contribution >= 4 is 23.7 Å². The van der Waals surface area contributed by atoms with Gasteiger partial charge in [-0.15, -0.1) is 0 Å². The lowest BCUT2D eigenvalue weighted by atomic mass is 9.81. The first kappa shape index (κ1) is 16.4. The van der Waals surface area contributed by atoms with Crippen LogP contribution in [-0.2, 0) is 23.9 Å². The first-order valence-corrected chi connectivity index (χ1v) is 7.04. The second kappa shape index (κ2) is 5.35. The number of likely N-dealkylation sites (N-methyl/N-ethyl adjacent to an activating group) is 1. The zero-order valence-electron chi connectivity index (χ0n) is 13.4. The van der Waals surface area contributed by atoms with E-state index in [1.165, 1.54) is 26.0 Å². The molecule has 2 aliphatic rings. The van der Waals surface area contributed by atoms with Crippen molar-refractivity contribution in [3.05, 3.63) is 0 Å². The number of hydrogen-bond acceptors (Lipinski definition) is 6. The van der Waals surface area contributed by atoms with Gasteiger partial charge >= 0.3 is 5.97 Å². The van der Waals surface area contributed by atoms with Gasteiger partial charge in [0.2, 0.25) is 17.7 Å². The second-order valence-corrected chi connectivity index (χ2v) is 6.08. The summed E-state index contributed by atoms with van der Waals surface area (Å²) >= 11 is 0. The molecule has 2 saturated heterocycles. The van der Waals surface area contributed by atoms with Crippen LogP contribution in [0.15, 0.2) is 0 Å². The van der Waals surface area contributed by atoms with E-state index < -0.39 is 35.3 Å². The molecule has 0 saturated carbocycles. The summed E-state index contributed by atoms with van der Waals surface area (Å²) in [6, 6.07) is -0.482. The standard InChI is InChI=1S/C14H21N3O5/c1-7(18)16(3)6-8-9-10(12(20)17(4)11(9)19)14(2,15-8)13(21)22-5/h8-10,15H,6H2,1-5H3/t8-,9+,10-,14-/m1/s1. The molecule has 0 spiro atoms. The number of carbonyl (C=O) groups is 4. The third kappa shape index (κ3) is 2.18. The number of amides is 3. The summed E-state index contributed by atoms with van der Waals surface area (Å²) in [5.41, 5.74) is -1.28. The van der Waals surface area contributed by atoms with E-state index in [2.05, 4.69) is 5.32 Å². The lowest BCUT2D eigenvalue weighted by Crippen LogP contribution is -2.56. The molecule has 8 nitrogen and oxygen atoms in total. The van der Waals surface area contributed by atoms with E-state index in [9.17, 15) is 19.2 Å². The quantitative estimate of drug-likeness (QED) is 0.509. The Morgan fingerprint density at radius 3 is 2.45 bits per heavy atom. The third-order valence-corrected chi connectivity index (χ3v) is 4.73. The normalized spacial score (nSPS) is 33.9. The molecule has 2 aliphatic heterocycles. The van der Waals surface area contributed by atoms with Crippen LogP contribution in [0.3, 0.4) is 0 Å². The Kier molecular flexibility index (Phi) is 3.99. The molecule has 122 valence electrons. The molecule has 0 aromatic heterocycles. The Morgan fingerprint density at radius 2 is 1.95 bits per heavy atom. The van der Waals surface area contributed by atoms with Crippen LogP contribution < -0.4 is 5.32 Å². The number of likely N-dealkylation sites (tertiary alicyclic amines) is 1. The first-order valence-electron chi connectivity index (χ1n) is 7.04. The van der Waals surface area contributed by atoms with E-state index in [1.807, 2.05) is 0 Å². The van der Waals surface area contributed by atoms with Gasteiger partial charge in [-0.05, 0) is 6.92 Å². The lowest BCUT2D eigenvalue weighted by molar-refractivity contribution is -0.152. The van der Waals surface area contributed by atoms with Gasteiger partial charge < -0.3 is 9.64 Å². The van der Waals surface area contributed by atoms with E-state index >= 15 is 0 Å². The Bertz CT molecular complexity index is 549. The highest BCUT2D eigenvalue weighted by Gasteiger charge is 2.66. The average Bonchev–Trinajstić information content (AvgIpc) is 2.88. The van der Waals surface area contributed by atoms with Gasteiger partial charge in [0.1, 0.15) is 5.54 Å². The van der Waals surface area contributed by atoms with E-state index in [0.717, 1.165) is 4.90 Å². The van der Waals surface area contributed by atoms with Crippen molar-refractivity contribution in [2.24, 2.45) is 11.8 Å². The van der Waals surface area contributed by atoms with Gasteiger partial charge in [0.15, 0.2) is 0 Å². The lowest BCUT2D eigenvalue weighted by Gasteiger charge is -2.28. The minimum atomic E-state index is -1.28. The predicted molar refractivity (Wildman–Crippen MR) is 75.4 cm³/mol. The van der Waals surface area contributed by atoms with Crippen LogP contribution in [0.25, 0.3) is 0 Å². The van der Waals surface area contributed by atoms with E-state index in [-0.39, 0.29) is 18.4 Å². The van der Waals surface area contributed by atoms with Gasteiger partial charge in [-0.2, -0.15) is 0 Å². The SMILES string of the molecule is COC(=O)[C@]1(C)N[C@H](CN(C)C(C)=O)[C@@H]2C(=O)N(C)C(=O)[C@@H]21. The third-order valence-electron chi connectivity index (χ3n) is 4.73. The fourth-order valence-electron chi connectivity index (χ4n) is 3.39. The molecule has 8 heteroatoms. The fraction of sp³-hybridized carbons (Fsp3) is 0.714. The van der Waals surface area contributed by atoms with Crippen LogP contribution in [0.1, 0.15) is 13.8 Å². The molecule has 0 aliphatic carbocycles. The fourth-order valence-corrected chi connectivity index (χ4v) is 3.39. The molecular weight excluding hydrogens is 290 g/mol. The van der Waals surface area contributed by atoms with E-state index in [1.54, 1.807) is 14.0 Å². The molecule has 0 bridgehead atoms. The molecule has 1 N–H and O–H groups in total. The number of rotatable bonds is 3. The van der Waals surface area contributed by atoms with Crippen LogP contribution in [0.4, 0.5) is 0 Å². The number of fused-ring (bicyclic) bond motifs is 1. The van der Waals surface area contributed by atoms with Crippen LogP contribution in [0.2, 0.25) is 0 Å². The van der Waals surface area contributed by atoms with Crippen molar-refractivity contribution in [2.45, 2.75) is 25.4 Å². The van der Waals surface area contributed by atoms with Crippen molar-refractivity contribution in [1.82, 2.24) is 15.1 Å². The number of hydrogen-bond donors (Lipinski definition) is 1. The Hall–Kier alpha value is -1.96. The van der Waals surface area contributed by atoms with Gasteiger partial charge in [0, 0.05) is 33.6 Å². The van der Waals surface area contributed by atoms with Gasteiger partial charge in [0.05, 0.1) is 18.9 Å². The largest absolute Gasteiger partial charge is 0.468 e. The summed E-state index contributed by atoms with van der Waals surface area (Å²) in [6.45, 7) is 3.21. The summed E-state index contributed by atoms with van der Waals surface area (Å²) < 4.78 is 4.80. The van der Waals surface area contributed by atoms with Crippen LogP contribution >= 0.6 is 0 Å². The molecule has 0 unspecified atom stereocenters. The van der Waals surface area contributed by atoms with Gasteiger partial charge in [-0.1, -0.05) is 0 Å². The number of nitrogens with zero attached hydrogens (tertiary/aromatic N) is 2. The van der Waals surface area contributed by atoms with Gasteiger partial charge in [-0.25, -0.2) is 0 Å². The van der Waals surface area contributed by atoms with Crippen molar-refractivity contribution < 1.29 is 23.9 Å². The smallest absolute Gasteiger partial charge is 0.326 e. The molecule has 0 aromatic rings. The molecule has 3 amide bonds. The summed E-state index contributed by atoms with van der Waals surface area (Å²) in [7, 11) is 4.26. The van der Waals surface area contributed by atoms with Crippen LogP contribution in [-0.4, -0.2) is 72.8 Å². The van der Waals surface area contributed by atoms with Crippen molar-refractivity contribution in [3.63, 3.8) is 0 Å². The summed E-state index contributed by atoms with van der Waals surface area (Å²) in [6.07, 6.45) is 0. The molecule has 22 heavy (non-hydrogen) atoms. The van der Waals surface area contributed by atoms with E-state index in [4.69, 9.17) is 4.74 Å². The first-order chi connectivity index (χ1) is 10.1. The highest BCUT2D eigenvalue weighted by Crippen LogP contribution is 2.42. The molecular formula is C14H21N3O5. The zero-order valence-corrected chi connectivity index (χ0v) is 13.4. The highest BCUT2D eigenvalue weighted by molar-refractivity contribution is 6.09. The van der Waals surface area contributed by atoms with Crippen molar-refractivity contribution in [2.75, 3.05) is 27.7 Å². The Balaban J connectivity index is 2.39. The topological polar surface area (TPSA) is 96.0 Å². The Morgan fingerprint density at radius 1 is 1.36 bits per heavy atom. The van der Waals surface area contributed by atoms with Crippen molar-refractivity contribution in [3.8, 4) is 0 Å². The zero-order chi connectivity index (χ0) is 16.8. The summed E-state index contributed by atoms with van der Waals surface area (Å²) in [5.74, 6) is -2.98. The van der Waals surface area contributed by atoms with Crippen LogP contribution in [0, 0.1) is 11.8 Å². The average molecular weight is 311 g/mol. The number of nitrogens with one attached hydrogen (secondary N) is 1. The molecule has 0 radical (unpaired) electrons. The number of carbonyl (C=O) groups excluding carboxylic acids is 4. The molecule has 4 atom stereocenters. The minimum absolute atomic E-state index is 0.157. The molecule has 2 fully saturated rings. The summed E-state index contributed by atoms with van der Waals surface area (Å²) in [4.78, 5) is 50.8. The van der Waals surface area contributed by atoms with E-state index in [0.29, 0.717) is 0 Å². The molecule has 2 heterocycles. The minimum Gasteiger partial charge on any atom is -0.468 e. The maximum Gasteiger partial charge on any atom is 0.326 e. The monoisotopic (exact) mass is 311 g/mol.